The molecule has 0 bridgehead atoms. The maximum absolute atomic E-state index is 12.0. The molecule has 11 nitrogen and oxygen atoms in total. The lowest BCUT2D eigenvalue weighted by atomic mass is 10.3. The molecule has 0 aliphatic rings. The van der Waals surface area contributed by atoms with Crippen LogP contribution in [0.2, 0.25) is 0 Å². The summed E-state index contributed by atoms with van der Waals surface area (Å²) in [7, 11) is 1.52. The molecule has 11 heteroatoms. The maximum Gasteiger partial charge on any atom is 0.354 e. The standard InChI is InChI=1S/C14H17N7O4/c1-9(7-25-2)18-12-11(21(23)24)13(17-8-16-12)19-20-14(22)10-5-3-4-6-15-10/h3-6,8-9H,7H2,1-2H3,(H,20,22)(H2,16,17,18,19). The number of ether oxygens (including phenoxy) is 1. The lowest BCUT2D eigenvalue weighted by molar-refractivity contribution is -0.383. The molecule has 1 atom stereocenters. The molecule has 25 heavy (non-hydrogen) atoms. The zero-order valence-corrected chi connectivity index (χ0v) is 13.6. The minimum absolute atomic E-state index is 0.0131. The van der Waals surface area contributed by atoms with Gasteiger partial charge in [0, 0.05) is 19.3 Å². The summed E-state index contributed by atoms with van der Waals surface area (Å²) in [6, 6.07) is 4.60. The fraction of sp³-hybridized carbons (Fsp3) is 0.286. The van der Waals surface area contributed by atoms with E-state index in [4.69, 9.17) is 4.74 Å². The van der Waals surface area contributed by atoms with Crippen molar-refractivity contribution in [2.24, 2.45) is 0 Å². The molecule has 0 aliphatic heterocycles. The molecule has 2 heterocycles. The van der Waals surface area contributed by atoms with Gasteiger partial charge in [0.25, 0.3) is 5.91 Å². The number of anilines is 2. The smallest absolute Gasteiger partial charge is 0.354 e. The van der Waals surface area contributed by atoms with Gasteiger partial charge in [-0.15, -0.1) is 0 Å². The third-order valence-corrected chi connectivity index (χ3v) is 3.00. The van der Waals surface area contributed by atoms with Gasteiger partial charge in [-0.05, 0) is 19.1 Å². The van der Waals surface area contributed by atoms with Gasteiger partial charge >= 0.3 is 5.69 Å². The van der Waals surface area contributed by atoms with Gasteiger partial charge in [0.2, 0.25) is 11.6 Å². The highest BCUT2D eigenvalue weighted by atomic mass is 16.6. The third kappa shape index (κ3) is 4.81. The third-order valence-electron chi connectivity index (χ3n) is 3.00. The fourth-order valence-corrected chi connectivity index (χ4v) is 1.95. The number of hydrogen-bond donors (Lipinski definition) is 3. The number of carbonyl (C=O) groups excluding carboxylic acids is 1. The number of methoxy groups -OCH3 is 1. The van der Waals surface area contributed by atoms with E-state index in [2.05, 4.69) is 31.1 Å². The van der Waals surface area contributed by atoms with Crippen molar-refractivity contribution in [1.29, 1.82) is 0 Å². The maximum atomic E-state index is 12.0. The Labute approximate surface area is 143 Å². The molecule has 2 aromatic rings. The van der Waals surface area contributed by atoms with Crippen LogP contribution >= 0.6 is 0 Å². The first-order chi connectivity index (χ1) is 12.0. The van der Waals surface area contributed by atoms with E-state index in [0.717, 1.165) is 6.33 Å². The Kier molecular flexibility index (Phi) is 6.12. The zero-order chi connectivity index (χ0) is 18.2. The number of pyridine rings is 1. The molecule has 132 valence electrons. The molecule has 0 fully saturated rings. The molecular formula is C14H17N7O4. The molecular weight excluding hydrogens is 330 g/mol. The van der Waals surface area contributed by atoms with Crippen LogP contribution < -0.4 is 16.2 Å². The minimum Gasteiger partial charge on any atom is -0.383 e. The minimum atomic E-state index is -0.642. The largest absolute Gasteiger partial charge is 0.383 e. The predicted molar refractivity (Wildman–Crippen MR) is 89.0 cm³/mol. The molecule has 2 aromatic heterocycles. The van der Waals surface area contributed by atoms with Crippen molar-refractivity contribution >= 4 is 23.2 Å². The van der Waals surface area contributed by atoms with Crippen LogP contribution in [0.4, 0.5) is 17.3 Å². The number of amides is 1. The lowest BCUT2D eigenvalue weighted by Crippen LogP contribution is -2.31. The van der Waals surface area contributed by atoms with Crippen LogP contribution in [0, 0.1) is 10.1 Å². The van der Waals surface area contributed by atoms with E-state index in [1.165, 1.54) is 19.4 Å². The van der Waals surface area contributed by atoms with E-state index >= 15 is 0 Å². The van der Waals surface area contributed by atoms with Crippen LogP contribution in [0.5, 0.6) is 0 Å². The van der Waals surface area contributed by atoms with E-state index in [9.17, 15) is 14.9 Å². The Balaban J connectivity index is 2.17. The van der Waals surface area contributed by atoms with Crippen molar-refractivity contribution in [3.05, 3.63) is 46.5 Å². The van der Waals surface area contributed by atoms with Crippen LogP contribution in [0.15, 0.2) is 30.7 Å². The van der Waals surface area contributed by atoms with Crippen LogP contribution in [0.1, 0.15) is 17.4 Å². The Hall–Kier alpha value is -3.34. The normalized spacial score (nSPS) is 11.4. The summed E-state index contributed by atoms with van der Waals surface area (Å²) in [4.78, 5) is 34.3. The quantitative estimate of drug-likeness (QED) is 0.470. The predicted octanol–water partition coefficient (Wildman–Crippen LogP) is 0.984. The van der Waals surface area contributed by atoms with E-state index in [1.54, 1.807) is 19.1 Å². The molecule has 3 N–H and O–H groups in total. The summed E-state index contributed by atoms with van der Waals surface area (Å²) >= 11 is 0. The van der Waals surface area contributed by atoms with Crippen LogP contribution in [-0.2, 0) is 4.74 Å². The number of nitro groups is 1. The molecule has 0 aromatic carbocycles. The Morgan fingerprint density at radius 3 is 2.72 bits per heavy atom. The van der Waals surface area contributed by atoms with E-state index in [1.807, 2.05) is 0 Å². The van der Waals surface area contributed by atoms with Crippen LogP contribution in [0.25, 0.3) is 0 Å². The van der Waals surface area contributed by atoms with Crippen LogP contribution in [-0.4, -0.2) is 45.5 Å². The highest BCUT2D eigenvalue weighted by Gasteiger charge is 2.24. The second-order valence-electron chi connectivity index (χ2n) is 4.97. The highest BCUT2D eigenvalue weighted by molar-refractivity contribution is 5.93. The number of nitrogens with zero attached hydrogens (tertiary/aromatic N) is 4. The molecule has 0 aliphatic carbocycles. The van der Waals surface area contributed by atoms with Gasteiger partial charge in [-0.25, -0.2) is 9.97 Å². The van der Waals surface area contributed by atoms with Gasteiger partial charge in [-0.3, -0.25) is 30.7 Å². The van der Waals surface area contributed by atoms with Gasteiger partial charge in [0.15, 0.2) is 0 Å². The second kappa shape index (κ2) is 8.49. The first-order valence-corrected chi connectivity index (χ1v) is 7.25. The van der Waals surface area contributed by atoms with Crippen molar-refractivity contribution in [3.63, 3.8) is 0 Å². The SMILES string of the molecule is COCC(C)Nc1ncnc(NNC(=O)c2ccccn2)c1[N+](=O)[O-]. The Bertz CT molecular complexity index is 741. The number of aromatic nitrogens is 3. The highest BCUT2D eigenvalue weighted by Crippen LogP contribution is 2.28. The van der Waals surface area contributed by atoms with Crippen molar-refractivity contribution in [2.45, 2.75) is 13.0 Å². The molecule has 1 unspecified atom stereocenters. The van der Waals surface area contributed by atoms with E-state index in [-0.39, 0.29) is 23.4 Å². The first kappa shape index (κ1) is 18.0. The van der Waals surface area contributed by atoms with Gasteiger partial charge < -0.3 is 10.1 Å². The van der Waals surface area contributed by atoms with Crippen molar-refractivity contribution < 1.29 is 14.5 Å². The molecule has 0 saturated heterocycles. The summed E-state index contributed by atoms with van der Waals surface area (Å²) in [6.07, 6.45) is 2.60. The van der Waals surface area contributed by atoms with Gasteiger partial charge in [0.05, 0.1) is 11.5 Å². The number of hydrogen-bond acceptors (Lipinski definition) is 9. The second-order valence-corrected chi connectivity index (χ2v) is 4.97. The molecule has 0 radical (unpaired) electrons. The monoisotopic (exact) mass is 347 g/mol. The average Bonchev–Trinajstić information content (AvgIpc) is 2.60. The van der Waals surface area contributed by atoms with Crippen LogP contribution in [0.3, 0.4) is 0 Å². The van der Waals surface area contributed by atoms with E-state index < -0.39 is 16.5 Å². The molecule has 0 spiro atoms. The Morgan fingerprint density at radius 2 is 2.08 bits per heavy atom. The van der Waals surface area contributed by atoms with Crippen molar-refractivity contribution in [1.82, 2.24) is 20.4 Å². The molecule has 0 saturated carbocycles. The summed E-state index contributed by atoms with van der Waals surface area (Å²) in [5.74, 6) is -0.702. The summed E-state index contributed by atoms with van der Waals surface area (Å²) in [6.45, 7) is 2.12. The van der Waals surface area contributed by atoms with Gasteiger partial charge in [-0.1, -0.05) is 6.07 Å². The lowest BCUT2D eigenvalue weighted by Gasteiger charge is -2.14. The number of hydrazine groups is 1. The zero-order valence-electron chi connectivity index (χ0n) is 13.6. The summed E-state index contributed by atoms with van der Waals surface area (Å²) in [5.41, 5.74) is 4.51. The van der Waals surface area contributed by atoms with Gasteiger partial charge in [0.1, 0.15) is 12.0 Å². The van der Waals surface area contributed by atoms with Crippen molar-refractivity contribution in [3.8, 4) is 0 Å². The number of rotatable bonds is 8. The number of nitrogens with one attached hydrogen (secondary N) is 3. The van der Waals surface area contributed by atoms with Crippen molar-refractivity contribution in [2.75, 3.05) is 24.5 Å². The topological polar surface area (TPSA) is 144 Å². The molecule has 1 amide bonds. The summed E-state index contributed by atoms with van der Waals surface area (Å²) in [5, 5.41) is 14.3. The fourth-order valence-electron chi connectivity index (χ4n) is 1.95. The Morgan fingerprint density at radius 1 is 1.32 bits per heavy atom. The molecule has 2 rings (SSSR count). The summed E-state index contributed by atoms with van der Waals surface area (Å²) < 4.78 is 4.98. The average molecular weight is 347 g/mol. The van der Waals surface area contributed by atoms with Gasteiger partial charge in [-0.2, -0.15) is 0 Å². The first-order valence-electron chi connectivity index (χ1n) is 7.25. The number of carbonyl (C=O) groups is 1. The van der Waals surface area contributed by atoms with E-state index in [0.29, 0.717) is 6.61 Å².